The van der Waals surface area contributed by atoms with Crippen LogP contribution >= 0.6 is 25.8 Å². The number of aromatic amines is 1. The predicted molar refractivity (Wildman–Crippen MR) is 105 cm³/mol. The van der Waals surface area contributed by atoms with Crippen molar-refractivity contribution in [1.82, 2.24) is 10.2 Å². The zero-order chi connectivity index (χ0) is 21.4. The molecule has 2 heterocycles. The summed E-state index contributed by atoms with van der Waals surface area (Å²) in [7, 11) is 0. The van der Waals surface area contributed by atoms with E-state index in [0.717, 1.165) is 11.6 Å². The topological polar surface area (TPSA) is 134 Å². The molecule has 1 aromatic rings. The Balaban J connectivity index is 0. The molecule has 152 valence electrons. The van der Waals surface area contributed by atoms with E-state index in [9.17, 15) is 19.7 Å². The number of H-pyrrole nitrogens is 1. The van der Waals surface area contributed by atoms with Crippen molar-refractivity contribution in [2.75, 3.05) is 6.61 Å². The molecule has 0 amide bonds. The van der Waals surface area contributed by atoms with Crippen molar-refractivity contribution < 1.29 is 27.6 Å². The van der Waals surface area contributed by atoms with Gasteiger partial charge in [-0.3, -0.25) is 0 Å². The molecule has 0 atom stereocenters. The molecule has 27 heavy (non-hydrogen) atoms. The first-order chi connectivity index (χ1) is 12.9. The second-order valence-electron chi connectivity index (χ2n) is 3.96. The van der Waals surface area contributed by atoms with Crippen LogP contribution in [0, 0.1) is 10.1 Å². The number of ether oxygens (including phenoxy) is 1. The highest BCUT2D eigenvalue weighted by molar-refractivity contribution is 7.75. The maximum Gasteiger partial charge on any atom is 0.373 e. The zero-order valence-electron chi connectivity index (χ0n) is 15.6. The molecule has 1 N–H and O–H groups in total. The van der Waals surface area contributed by atoms with Gasteiger partial charge in [-0.05, 0) is 23.5 Å². The van der Waals surface area contributed by atoms with Crippen molar-refractivity contribution >= 4 is 43.6 Å². The van der Waals surface area contributed by atoms with Gasteiger partial charge in [-0.15, -0.1) is 5.10 Å². The Labute approximate surface area is 168 Å². The van der Waals surface area contributed by atoms with Crippen LogP contribution < -0.4 is 0 Å². The Hall–Kier alpha value is -2.47. The largest absolute Gasteiger partial charge is 0.497 e. The highest BCUT2D eigenvalue weighted by Gasteiger charge is 2.16. The van der Waals surface area contributed by atoms with Gasteiger partial charge in [0.05, 0.1) is 17.9 Å². The number of rotatable bonds is 3. The molecule has 0 bridgehead atoms. The molecule has 0 saturated heterocycles. The molecular weight excluding hydrogens is 398 g/mol. The summed E-state index contributed by atoms with van der Waals surface area (Å²) in [5.74, 6) is -1.66. The Morgan fingerprint density at radius 1 is 1.22 bits per heavy atom. The Kier molecular flexibility index (Phi) is 15.6. The van der Waals surface area contributed by atoms with Gasteiger partial charge in [0.1, 0.15) is 6.61 Å². The van der Waals surface area contributed by atoms with Gasteiger partial charge in [0.25, 0.3) is 0 Å². The van der Waals surface area contributed by atoms with Gasteiger partial charge in [-0.2, -0.15) is 0 Å². The second kappa shape index (κ2) is 15.8. The van der Waals surface area contributed by atoms with Gasteiger partial charge >= 0.3 is 17.8 Å². The number of carbonyl (C=O) groups is 2. The van der Waals surface area contributed by atoms with E-state index in [0.29, 0.717) is 12.2 Å². The van der Waals surface area contributed by atoms with Crippen LogP contribution in [0.2, 0.25) is 0 Å². The van der Waals surface area contributed by atoms with Crippen molar-refractivity contribution in [2.45, 2.75) is 34.6 Å². The van der Waals surface area contributed by atoms with E-state index < -0.39 is 16.9 Å². The summed E-state index contributed by atoms with van der Waals surface area (Å²) in [5.41, 5.74) is 1.19. The molecule has 0 spiro atoms. The minimum atomic E-state index is -0.845. The molecule has 12 heteroatoms. The van der Waals surface area contributed by atoms with Gasteiger partial charge in [-0.1, -0.05) is 32.8 Å². The van der Waals surface area contributed by atoms with Crippen LogP contribution in [0.5, 0.6) is 0 Å². The van der Waals surface area contributed by atoms with Crippen LogP contribution in [-0.2, 0) is 17.9 Å². The third-order valence-electron chi connectivity index (χ3n) is 2.45. The summed E-state index contributed by atoms with van der Waals surface area (Å²) in [5, 5.41) is 15.4. The fourth-order valence-corrected chi connectivity index (χ4v) is 1.55. The minimum Gasteiger partial charge on any atom is -0.497 e. The van der Waals surface area contributed by atoms with Crippen LogP contribution in [0.25, 0.3) is 0 Å². The molecule has 1 aliphatic rings. The van der Waals surface area contributed by atoms with Crippen molar-refractivity contribution in [3.63, 3.8) is 0 Å². The van der Waals surface area contributed by atoms with Crippen LogP contribution in [0.3, 0.4) is 0 Å². The lowest BCUT2D eigenvalue weighted by molar-refractivity contribution is -0.389. The van der Waals surface area contributed by atoms with E-state index in [2.05, 4.69) is 39.3 Å². The fourth-order valence-electron chi connectivity index (χ4n) is 1.36. The summed E-state index contributed by atoms with van der Waals surface area (Å²) < 4.78 is 13.2. The number of nitro groups is 1. The Morgan fingerprint density at radius 2 is 1.78 bits per heavy atom. The average molecular weight is 421 g/mol. The normalized spacial score (nSPS) is 11.2. The predicted octanol–water partition coefficient (Wildman–Crippen LogP) is 3.61. The van der Waals surface area contributed by atoms with Crippen LogP contribution in [0.1, 0.15) is 45.1 Å². The number of aromatic nitrogens is 2. The minimum absolute atomic E-state index is 0.184. The second-order valence-corrected chi connectivity index (χ2v) is 4.33. The van der Waals surface area contributed by atoms with Gasteiger partial charge < -0.3 is 23.2 Å². The third kappa shape index (κ3) is 9.70. The molecule has 0 fully saturated rings. The first kappa shape index (κ1) is 26.8. The van der Waals surface area contributed by atoms with Crippen molar-refractivity contribution in [3.05, 3.63) is 45.4 Å². The highest BCUT2D eigenvalue weighted by Crippen LogP contribution is 2.13. The lowest BCUT2D eigenvalue weighted by Crippen LogP contribution is -2.08. The van der Waals surface area contributed by atoms with Gasteiger partial charge in [-0.25, -0.2) is 9.59 Å². The summed E-state index contributed by atoms with van der Waals surface area (Å²) in [6.45, 7) is 10.2. The number of carbonyl (C=O) groups excluding carboxylic acids is 2. The zero-order valence-corrected chi connectivity index (χ0v) is 17.4. The molecule has 0 radical (unpaired) electrons. The average Bonchev–Trinajstić information content (AvgIpc) is 3.21. The van der Waals surface area contributed by atoms with E-state index >= 15 is 0 Å². The van der Waals surface area contributed by atoms with Crippen molar-refractivity contribution in [1.29, 1.82) is 0 Å². The number of nitrogens with zero attached hydrogens (tertiary/aromatic N) is 2. The maximum absolute atomic E-state index is 10.9. The van der Waals surface area contributed by atoms with Gasteiger partial charge in [0, 0.05) is 25.8 Å². The molecule has 0 aromatic carbocycles. The van der Waals surface area contributed by atoms with Crippen LogP contribution in [0.15, 0.2) is 29.6 Å². The first-order valence-electron chi connectivity index (χ1n) is 7.79. The van der Waals surface area contributed by atoms with Gasteiger partial charge in [0.15, 0.2) is 0 Å². The van der Waals surface area contributed by atoms with E-state index in [4.69, 9.17) is 4.74 Å². The van der Waals surface area contributed by atoms with Crippen molar-refractivity contribution in [3.8, 4) is 0 Å². The van der Waals surface area contributed by atoms with E-state index in [1.807, 2.05) is 39.7 Å². The molecular formula is C15H23N3O7S2. The molecule has 1 aromatic heterocycles. The van der Waals surface area contributed by atoms with Gasteiger partial charge in [0.2, 0.25) is 5.69 Å². The number of hydrogen-bond acceptors (Lipinski definition) is 10. The lowest BCUT2D eigenvalue weighted by Gasteiger charge is -2.10. The van der Waals surface area contributed by atoms with Crippen molar-refractivity contribution in [2.24, 2.45) is 0 Å². The molecule has 0 aliphatic carbocycles. The molecule has 2 rings (SSSR count). The number of thiol groups is 2. The molecule has 10 nitrogen and oxygen atoms in total. The van der Waals surface area contributed by atoms with E-state index in [-0.39, 0.29) is 11.5 Å². The summed E-state index contributed by atoms with van der Waals surface area (Å²) in [4.78, 5) is 30.9. The molecule has 0 unspecified atom stereocenters. The summed E-state index contributed by atoms with van der Waals surface area (Å²) in [6.07, 6.45) is 3.03. The fraction of sp³-hybridized carbons (Fsp3) is 0.400. The standard InChI is InChI=1S/C7H8O3S.C4H3N3O4S.2C2H6/c1-5-4-9-3-2-6(5)7(8)10-11;8-4(11-12)2-1-3(6-5-2)7(9)10;2*1-2/h2-3,11H,4H2,1H3;1,12H,(H,5,6);2*1-2H3. The number of nitrogens with one attached hydrogen (secondary N) is 1. The van der Waals surface area contributed by atoms with E-state index in [1.54, 1.807) is 6.08 Å². The first-order valence-corrected chi connectivity index (χ1v) is 8.53. The Morgan fingerprint density at radius 3 is 2.19 bits per heavy atom. The summed E-state index contributed by atoms with van der Waals surface area (Å²) >= 11 is 6.62. The smallest absolute Gasteiger partial charge is 0.373 e. The molecule has 0 saturated carbocycles. The lowest BCUT2D eigenvalue weighted by atomic mass is 10.1. The highest BCUT2D eigenvalue weighted by atomic mass is 32.1. The Bertz CT molecular complexity index is 672. The van der Waals surface area contributed by atoms with Crippen LogP contribution in [-0.4, -0.2) is 33.7 Å². The SMILES string of the molecule is CC.CC.CC1=C(C(=O)OS)C=COC1.O=C(OS)c1cc([N+](=O)[O-])[nH]n1. The van der Waals surface area contributed by atoms with E-state index in [1.165, 1.54) is 6.26 Å². The quantitative estimate of drug-likeness (QED) is 0.292. The number of hydrogen-bond donors (Lipinski definition) is 3. The monoisotopic (exact) mass is 421 g/mol. The van der Waals surface area contributed by atoms with Crippen LogP contribution in [0.4, 0.5) is 5.82 Å². The molecule has 1 aliphatic heterocycles. The summed E-state index contributed by atoms with van der Waals surface area (Å²) in [6, 6.07) is 0.957. The third-order valence-corrected chi connectivity index (χ3v) is 2.78. The maximum atomic E-state index is 10.9.